The van der Waals surface area contributed by atoms with Gasteiger partial charge in [-0.05, 0) is 49.1 Å². The molecule has 0 radical (unpaired) electrons. The molecule has 3 atom stereocenters. The van der Waals surface area contributed by atoms with Crippen LogP contribution in [0.15, 0.2) is 24.3 Å². The third-order valence-corrected chi connectivity index (χ3v) is 5.60. The lowest BCUT2D eigenvalue weighted by Gasteiger charge is -2.35. The molecular weight excluding hydrogens is 258 g/mol. The molecule has 1 aliphatic carbocycles. The van der Waals surface area contributed by atoms with Crippen molar-refractivity contribution in [3.05, 3.63) is 35.4 Å². The number of hydrogen-bond acceptors (Lipinski definition) is 2. The van der Waals surface area contributed by atoms with Crippen LogP contribution < -0.4 is 5.73 Å². The third kappa shape index (κ3) is 3.49. The molecule has 3 rings (SSSR count). The summed E-state index contributed by atoms with van der Waals surface area (Å²) < 4.78 is 6.09. The Kier molecular flexibility index (Phi) is 4.66. The molecule has 2 N–H and O–H groups in total. The lowest BCUT2D eigenvalue weighted by atomic mass is 9.82. The summed E-state index contributed by atoms with van der Waals surface area (Å²) in [5.41, 5.74) is 9.59. The molecule has 0 saturated heterocycles. The van der Waals surface area contributed by atoms with Crippen molar-refractivity contribution in [2.24, 2.45) is 11.7 Å². The van der Waals surface area contributed by atoms with Crippen molar-refractivity contribution in [3.63, 3.8) is 0 Å². The van der Waals surface area contributed by atoms with Crippen LogP contribution >= 0.6 is 0 Å². The smallest absolute Gasteiger partial charge is 0.0845 e. The van der Waals surface area contributed by atoms with E-state index >= 15 is 0 Å². The van der Waals surface area contributed by atoms with Gasteiger partial charge in [0.25, 0.3) is 0 Å². The molecule has 0 amide bonds. The lowest BCUT2D eigenvalue weighted by molar-refractivity contribution is 0.0184. The fourth-order valence-corrected chi connectivity index (χ4v) is 4.13. The SMILES string of the molecule is CCC1CCCC(N)(CC2OCCc3ccccc32)CC1. The van der Waals surface area contributed by atoms with E-state index in [9.17, 15) is 0 Å². The van der Waals surface area contributed by atoms with Gasteiger partial charge in [0.1, 0.15) is 0 Å². The summed E-state index contributed by atoms with van der Waals surface area (Å²) >= 11 is 0. The number of rotatable bonds is 3. The van der Waals surface area contributed by atoms with Crippen molar-refractivity contribution in [1.82, 2.24) is 0 Å². The standard InChI is InChI=1S/C19H29NO/c1-2-15-6-5-11-19(20,12-9-15)14-18-17-8-4-3-7-16(17)10-13-21-18/h3-4,7-8,15,18H,2,5-6,9-14,20H2,1H3. The second-order valence-corrected chi connectivity index (χ2v) is 7.08. The maximum absolute atomic E-state index is 6.78. The Hall–Kier alpha value is -0.860. The minimum Gasteiger partial charge on any atom is -0.373 e. The van der Waals surface area contributed by atoms with Gasteiger partial charge in [0, 0.05) is 5.54 Å². The van der Waals surface area contributed by atoms with Crippen LogP contribution in [-0.4, -0.2) is 12.1 Å². The Labute approximate surface area is 129 Å². The predicted molar refractivity (Wildman–Crippen MR) is 87.2 cm³/mol. The van der Waals surface area contributed by atoms with Gasteiger partial charge >= 0.3 is 0 Å². The molecule has 0 spiro atoms. The number of ether oxygens (including phenoxy) is 1. The molecule has 1 heterocycles. The first-order chi connectivity index (χ1) is 10.2. The van der Waals surface area contributed by atoms with Crippen molar-refractivity contribution >= 4 is 0 Å². The zero-order valence-electron chi connectivity index (χ0n) is 13.3. The van der Waals surface area contributed by atoms with Gasteiger partial charge in [0.15, 0.2) is 0 Å². The van der Waals surface area contributed by atoms with Gasteiger partial charge in [0.05, 0.1) is 12.7 Å². The Bertz CT molecular complexity index is 472. The van der Waals surface area contributed by atoms with Gasteiger partial charge in [-0.15, -0.1) is 0 Å². The summed E-state index contributed by atoms with van der Waals surface area (Å²) in [5, 5.41) is 0. The minimum atomic E-state index is -0.0287. The number of benzene rings is 1. The van der Waals surface area contributed by atoms with Crippen molar-refractivity contribution in [3.8, 4) is 0 Å². The van der Waals surface area contributed by atoms with Gasteiger partial charge in [-0.2, -0.15) is 0 Å². The van der Waals surface area contributed by atoms with Gasteiger partial charge in [-0.25, -0.2) is 0 Å². The number of nitrogens with two attached hydrogens (primary N) is 1. The zero-order valence-corrected chi connectivity index (χ0v) is 13.3. The van der Waals surface area contributed by atoms with Crippen LogP contribution in [0.1, 0.15) is 69.1 Å². The highest BCUT2D eigenvalue weighted by Crippen LogP contribution is 2.39. The van der Waals surface area contributed by atoms with E-state index in [1.807, 2.05) is 0 Å². The Balaban J connectivity index is 1.71. The van der Waals surface area contributed by atoms with E-state index in [1.54, 1.807) is 0 Å². The second-order valence-electron chi connectivity index (χ2n) is 7.08. The van der Waals surface area contributed by atoms with Crippen LogP contribution in [0.5, 0.6) is 0 Å². The molecule has 1 aromatic carbocycles. The largest absolute Gasteiger partial charge is 0.373 e. The Morgan fingerprint density at radius 3 is 2.95 bits per heavy atom. The Morgan fingerprint density at radius 1 is 1.24 bits per heavy atom. The average Bonchev–Trinajstić information content (AvgIpc) is 2.69. The maximum atomic E-state index is 6.78. The van der Waals surface area contributed by atoms with Crippen LogP contribution in [-0.2, 0) is 11.2 Å². The van der Waals surface area contributed by atoms with E-state index in [2.05, 4.69) is 31.2 Å². The molecule has 2 nitrogen and oxygen atoms in total. The molecule has 0 aromatic heterocycles. The fraction of sp³-hybridized carbons (Fsp3) is 0.684. The summed E-state index contributed by atoms with van der Waals surface area (Å²) in [4.78, 5) is 0. The first-order valence-electron chi connectivity index (χ1n) is 8.68. The highest BCUT2D eigenvalue weighted by atomic mass is 16.5. The maximum Gasteiger partial charge on any atom is 0.0845 e. The van der Waals surface area contributed by atoms with Crippen LogP contribution in [0.2, 0.25) is 0 Å². The van der Waals surface area contributed by atoms with E-state index < -0.39 is 0 Å². The quantitative estimate of drug-likeness (QED) is 0.837. The molecule has 1 aliphatic heterocycles. The zero-order chi connectivity index (χ0) is 14.7. The van der Waals surface area contributed by atoms with E-state index in [0.29, 0.717) is 0 Å². The van der Waals surface area contributed by atoms with Crippen LogP contribution in [0.3, 0.4) is 0 Å². The van der Waals surface area contributed by atoms with Gasteiger partial charge < -0.3 is 10.5 Å². The molecule has 0 bridgehead atoms. The molecule has 3 unspecified atom stereocenters. The highest BCUT2D eigenvalue weighted by Gasteiger charge is 2.34. The van der Waals surface area contributed by atoms with E-state index in [1.165, 1.54) is 36.8 Å². The molecule has 21 heavy (non-hydrogen) atoms. The molecule has 1 saturated carbocycles. The van der Waals surface area contributed by atoms with Crippen molar-refractivity contribution in [2.45, 2.75) is 69.9 Å². The minimum absolute atomic E-state index is 0.0287. The topological polar surface area (TPSA) is 35.2 Å². The van der Waals surface area contributed by atoms with Crippen molar-refractivity contribution in [2.75, 3.05) is 6.61 Å². The van der Waals surface area contributed by atoms with Gasteiger partial charge in [-0.1, -0.05) is 50.5 Å². The summed E-state index contributed by atoms with van der Waals surface area (Å²) in [5.74, 6) is 0.884. The monoisotopic (exact) mass is 287 g/mol. The first-order valence-corrected chi connectivity index (χ1v) is 8.68. The van der Waals surface area contributed by atoms with Gasteiger partial charge in [0.2, 0.25) is 0 Å². The summed E-state index contributed by atoms with van der Waals surface area (Å²) in [6.07, 6.45) is 9.79. The van der Waals surface area contributed by atoms with E-state index in [4.69, 9.17) is 10.5 Å². The summed E-state index contributed by atoms with van der Waals surface area (Å²) in [7, 11) is 0. The van der Waals surface area contributed by atoms with E-state index in [-0.39, 0.29) is 11.6 Å². The predicted octanol–water partition coefficient (Wildman–Crippen LogP) is 4.38. The molecule has 2 aliphatic rings. The molecule has 1 aromatic rings. The summed E-state index contributed by atoms with van der Waals surface area (Å²) in [6.45, 7) is 3.16. The fourth-order valence-electron chi connectivity index (χ4n) is 4.13. The van der Waals surface area contributed by atoms with Gasteiger partial charge in [-0.3, -0.25) is 0 Å². The van der Waals surface area contributed by atoms with Crippen LogP contribution in [0.4, 0.5) is 0 Å². The molecular formula is C19H29NO. The average molecular weight is 287 g/mol. The summed E-state index contributed by atoms with van der Waals surface area (Å²) in [6, 6.07) is 8.74. The van der Waals surface area contributed by atoms with Crippen LogP contribution in [0.25, 0.3) is 0 Å². The molecule has 116 valence electrons. The van der Waals surface area contributed by atoms with E-state index in [0.717, 1.165) is 38.2 Å². The van der Waals surface area contributed by atoms with Crippen LogP contribution in [0, 0.1) is 5.92 Å². The first kappa shape index (κ1) is 15.1. The third-order valence-electron chi connectivity index (χ3n) is 5.60. The number of hydrogen-bond donors (Lipinski definition) is 1. The Morgan fingerprint density at radius 2 is 2.10 bits per heavy atom. The molecule has 2 heteroatoms. The second kappa shape index (κ2) is 6.50. The van der Waals surface area contributed by atoms with Crippen molar-refractivity contribution in [1.29, 1.82) is 0 Å². The number of fused-ring (bicyclic) bond motifs is 1. The molecule has 1 fully saturated rings. The highest BCUT2D eigenvalue weighted by molar-refractivity contribution is 5.31. The lowest BCUT2D eigenvalue weighted by Crippen LogP contribution is -2.41. The van der Waals surface area contributed by atoms with Crippen molar-refractivity contribution < 1.29 is 4.74 Å². The normalized spacial score (nSPS) is 33.2.